The van der Waals surface area contributed by atoms with E-state index >= 15 is 0 Å². The van der Waals surface area contributed by atoms with Crippen LogP contribution in [0.3, 0.4) is 0 Å². The molecule has 1 aromatic carbocycles. The molecule has 1 atom stereocenters. The van der Waals surface area contributed by atoms with Crippen LogP contribution in [0.1, 0.15) is 56.9 Å². The molecule has 24 heavy (non-hydrogen) atoms. The zero-order valence-electron chi connectivity index (χ0n) is 14.6. The molecule has 1 saturated heterocycles. The van der Waals surface area contributed by atoms with Gasteiger partial charge < -0.3 is 10.2 Å². The molecule has 4 nitrogen and oxygen atoms in total. The topological polar surface area (TPSA) is 49.4 Å². The normalized spacial score (nSPS) is 23.0. The Morgan fingerprint density at radius 3 is 2.46 bits per heavy atom. The Balaban J connectivity index is 1.60. The van der Waals surface area contributed by atoms with Gasteiger partial charge in [-0.15, -0.1) is 0 Å². The van der Waals surface area contributed by atoms with Gasteiger partial charge in [0, 0.05) is 24.7 Å². The summed E-state index contributed by atoms with van der Waals surface area (Å²) in [4.78, 5) is 26.8. The molecule has 4 heteroatoms. The quantitative estimate of drug-likeness (QED) is 0.922. The van der Waals surface area contributed by atoms with Crippen LogP contribution in [0.5, 0.6) is 0 Å². The lowest BCUT2D eigenvalue weighted by molar-refractivity contribution is -0.127. The molecule has 1 N–H and O–H groups in total. The largest absolute Gasteiger partial charge is 0.353 e. The monoisotopic (exact) mass is 328 g/mol. The molecule has 1 aromatic rings. The Labute approximate surface area is 144 Å². The van der Waals surface area contributed by atoms with Gasteiger partial charge in [0.2, 0.25) is 11.8 Å². The van der Waals surface area contributed by atoms with Crippen molar-refractivity contribution < 1.29 is 9.59 Å². The molecular formula is C20H28N2O2. The number of anilines is 1. The highest BCUT2D eigenvalue weighted by Crippen LogP contribution is 2.28. The number of carbonyl (C=O) groups is 2. The third-order valence-corrected chi connectivity index (χ3v) is 5.35. The Morgan fingerprint density at radius 2 is 1.75 bits per heavy atom. The Hall–Kier alpha value is -1.84. The second-order valence-corrected chi connectivity index (χ2v) is 7.24. The van der Waals surface area contributed by atoms with Gasteiger partial charge in [0.1, 0.15) is 0 Å². The van der Waals surface area contributed by atoms with Crippen LogP contribution in [0.4, 0.5) is 5.69 Å². The van der Waals surface area contributed by atoms with E-state index in [0.717, 1.165) is 24.1 Å². The van der Waals surface area contributed by atoms with Gasteiger partial charge in [-0.2, -0.15) is 0 Å². The van der Waals surface area contributed by atoms with Crippen LogP contribution in [-0.2, 0) is 9.59 Å². The molecule has 0 radical (unpaired) electrons. The predicted octanol–water partition coefficient (Wildman–Crippen LogP) is 3.58. The molecule has 1 aliphatic heterocycles. The van der Waals surface area contributed by atoms with Crippen LogP contribution in [-0.4, -0.2) is 24.4 Å². The molecule has 2 fully saturated rings. The standard InChI is InChI=1S/C20H28N2O2/c1-15-9-7-8-12-18(15)22-14-16(13-19(22)23)20(24)21-17-10-5-3-2-4-6-11-17/h7-9,12,16-17H,2-6,10-11,13-14H2,1H3,(H,21,24). The maximum atomic E-state index is 12.6. The van der Waals surface area contributed by atoms with Crippen molar-refractivity contribution in [1.82, 2.24) is 5.32 Å². The van der Waals surface area contributed by atoms with Crippen LogP contribution in [0.15, 0.2) is 24.3 Å². The van der Waals surface area contributed by atoms with Crippen molar-refractivity contribution in [2.24, 2.45) is 5.92 Å². The van der Waals surface area contributed by atoms with Crippen LogP contribution >= 0.6 is 0 Å². The number of hydrogen-bond donors (Lipinski definition) is 1. The second-order valence-electron chi connectivity index (χ2n) is 7.24. The lowest BCUT2D eigenvalue weighted by Gasteiger charge is -2.23. The molecule has 1 saturated carbocycles. The van der Waals surface area contributed by atoms with Gasteiger partial charge in [0.15, 0.2) is 0 Å². The van der Waals surface area contributed by atoms with Gasteiger partial charge >= 0.3 is 0 Å². The first-order valence-electron chi connectivity index (χ1n) is 9.31. The van der Waals surface area contributed by atoms with Crippen molar-refractivity contribution in [1.29, 1.82) is 0 Å². The summed E-state index contributed by atoms with van der Waals surface area (Å²) < 4.78 is 0. The van der Waals surface area contributed by atoms with E-state index in [1.165, 1.54) is 32.1 Å². The number of para-hydroxylation sites is 1. The number of carbonyl (C=O) groups excluding carboxylic acids is 2. The minimum atomic E-state index is -0.220. The Bertz CT molecular complexity index is 591. The van der Waals surface area contributed by atoms with Crippen molar-refractivity contribution in [3.8, 4) is 0 Å². The maximum absolute atomic E-state index is 12.6. The summed E-state index contributed by atoms with van der Waals surface area (Å²) in [6.45, 7) is 2.51. The minimum Gasteiger partial charge on any atom is -0.353 e. The van der Waals surface area contributed by atoms with Crippen LogP contribution in [0.2, 0.25) is 0 Å². The third-order valence-electron chi connectivity index (χ3n) is 5.35. The number of amides is 2. The number of benzene rings is 1. The van der Waals surface area contributed by atoms with E-state index in [0.29, 0.717) is 19.0 Å². The summed E-state index contributed by atoms with van der Waals surface area (Å²) in [5.74, 6) is -0.102. The fourth-order valence-corrected chi connectivity index (χ4v) is 3.90. The summed E-state index contributed by atoms with van der Waals surface area (Å²) in [5.41, 5.74) is 2.01. The predicted molar refractivity (Wildman–Crippen MR) is 95.9 cm³/mol. The fraction of sp³-hybridized carbons (Fsp3) is 0.600. The summed E-state index contributed by atoms with van der Waals surface area (Å²) in [5, 5.41) is 3.22. The highest BCUT2D eigenvalue weighted by molar-refractivity contribution is 6.00. The molecule has 0 aromatic heterocycles. The zero-order chi connectivity index (χ0) is 16.9. The van der Waals surface area contributed by atoms with Gasteiger partial charge in [0.05, 0.1) is 5.92 Å². The molecule has 2 aliphatic rings. The molecule has 0 bridgehead atoms. The molecule has 0 spiro atoms. The van der Waals surface area contributed by atoms with E-state index in [4.69, 9.17) is 0 Å². The van der Waals surface area contributed by atoms with E-state index in [-0.39, 0.29) is 17.7 Å². The Morgan fingerprint density at radius 1 is 1.08 bits per heavy atom. The van der Waals surface area contributed by atoms with Gasteiger partial charge in [-0.05, 0) is 31.4 Å². The maximum Gasteiger partial charge on any atom is 0.227 e. The van der Waals surface area contributed by atoms with Gasteiger partial charge in [-0.25, -0.2) is 0 Å². The number of nitrogens with zero attached hydrogens (tertiary/aromatic N) is 1. The fourth-order valence-electron chi connectivity index (χ4n) is 3.90. The number of rotatable bonds is 3. The van der Waals surface area contributed by atoms with E-state index in [1.54, 1.807) is 4.90 Å². The summed E-state index contributed by atoms with van der Waals surface area (Å²) in [7, 11) is 0. The van der Waals surface area contributed by atoms with E-state index in [1.807, 2.05) is 31.2 Å². The highest BCUT2D eigenvalue weighted by Gasteiger charge is 2.36. The first-order valence-corrected chi connectivity index (χ1v) is 9.31. The second kappa shape index (κ2) is 7.82. The molecule has 2 amide bonds. The summed E-state index contributed by atoms with van der Waals surface area (Å²) in [6.07, 6.45) is 8.75. The van der Waals surface area contributed by atoms with Crippen molar-refractivity contribution in [3.63, 3.8) is 0 Å². The lowest BCUT2D eigenvalue weighted by atomic mass is 9.96. The molecule has 1 unspecified atom stereocenters. The molecule has 130 valence electrons. The Kier molecular flexibility index (Phi) is 5.54. The van der Waals surface area contributed by atoms with Gasteiger partial charge in [-0.1, -0.05) is 50.3 Å². The highest BCUT2D eigenvalue weighted by atomic mass is 16.2. The van der Waals surface area contributed by atoms with Crippen LogP contribution in [0.25, 0.3) is 0 Å². The van der Waals surface area contributed by atoms with Crippen molar-refractivity contribution >= 4 is 17.5 Å². The summed E-state index contributed by atoms with van der Waals surface area (Å²) in [6, 6.07) is 8.17. The van der Waals surface area contributed by atoms with E-state index < -0.39 is 0 Å². The number of nitrogens with one attached hydrogen (secondary N) is 1. The zero-order valence-corrected chi connectivity index (χ0v) is 14.6. The molecule has 1 aliphatic carbocycles. The SMILES string of the molecule is Cc1ccccc1N1CC(C(=O)NC2CCCCCCC2)CC1=O. The first kappa shape index (κ1) is 17.0. The van der Waals surface area contributed by atoms with Gasteiger partial charge in [-0.3, -0.25) is 9.59 Å². The van der Waals surface area contributed by atoms with Crippen molar-refractivity contribution in [2.75, 3.05) is 11.4 Å². The molecular weight excluding hydrogens is 300 g/mol. The number of hydrogen-bond acceptors (Lipinski definition) is 2. The van der Waals surface area contributed by atoms with Gasteiger partial charge in [0.25, 0.3) is 0 Å². The average Bonchev–Trinajstić information content (AvgIpc) is 2.92. The molecule has 3 rings (SSSR count). The van der Waals surface area contributed by atoms with Crippen LogP contribution in [0, 0.1) is 12.8 Å². The first-order chi connectivity index (χ1) is 11.6. The third kappa shape index (κ3) is 3.97. The average molecular weight is 328 g/mol. The van der Waals surface area contributed by atoms with Crippen molar-refractivity contribution in [3.05, 3.63) is 29.8 Å². The molecule has 1 heterocycles. The van der Waals surface area contributed by atoms with Crippen LogP contribution < -0.4 is 10.2 Å². The minimum absolute atomic E-state index is 0.0575. The van der Waals surface area contributed by atoms with E-state index in [2.05, 4.69) is 5.32 Å². The van der Waals surface area contributed by atoms with E-state index in [9.17, 15) is 9.59 Å². The lowest BCUT2D eigenvalue weighted by Crippen LogP contribution is -2.40. The van der Waals surface area contributed by atoms with Crippen molar-refractivity contribution in [2.45, 2.75) is 64.3 Å². The summed E-state index contributed by atoms with van der Waals surface area (Å²) >= 11 is 0. The smallest absolute Gasteiger partial charge is 0.227 e. The number of aryl methyl sites for hydroxylation is 1.